The summed E-state index contributed by atoms with van der Waals surface area (Å²) in [6.45, 7) is 0. The van der Waals surface area contributed by atoms with Crippen molar-refractivity contribution in [2.45, 2.75) is 6.43 Å². The molecule has 0 radical (unpaired) electrons. The van der Waals surface area contributed by atoms with Gasteiger partial charge in [0.05, 0.1) is 5.56 Å². The van der Waals surface area contributed by atoms with Crippen molar-refractivity contribution >= 4 is 28.0 Å². The number of nitrogen functional groups attached to an aromatic ring is 1. The van der Waals surface area contributed by atoms with Crippen LogP contribution in [0.4, 0.5) is 14.6 Å². The van der Waals surface area contributed by atoms with Gasteiger partial charge in [-0.3, -0.25) is 4.79 Å². The van der Waals surface area contributed by atoms with E-state index in [0.717, 1.165) is 0 Å². The zero-order valence-corrected chi connectivity index (χ0v) is 7.88. The Labute approximate surface area is 81.1 Å². The molecular formula is C7H5BrF2N2O. The number of carbonyl (C=O) groups excluding carboxylic acids is 1. The van der Waals surface area contributed by atoms with Crippen LogP contribution in [-0.4, -0.2) is 11.3 Å². The lowest BCUT2D eigenvalue weighted by molar-refractivity contribution is 0.110. The van der Waals surface area contributed by atoms with Gasteiger partial charge in [-0.25, -0.2) is 13.8 Å². The lowest BCUT2D eigenvalue weighted by Gasteiger charge is -2.05. The van der Waals surface area contributed by atoms with Crippen LogP contribution in [0.25, 0.3) is 0 Å². The van der Waals surface area contributed by atoms with E-state index in [9.17, 15) is 13.6 Å². The fourth-order valence-electron chi connectivity index (χ4n) is 0.845. The van der Waals surface area contributed by atoms with Crippen molar-refractivity contribution in [3.05, 3.63) is 21.8 Å². The van der Waals surface area contributed by atoms with Gasteiger partial charge in [0.2, 0.25) is 0 Å². The summed E-state index contributed by atoms with van der Waals surface area (Å²) in [6.07, 6.45) is -2.49. The Balaban J connectivity index is 3.38. The van der Waals surface area contributed by atoms with Crippen LogP contribution in [0.5, 0.6) is 0 Å². The Morgan fingerprint density at radius 3 is 2.69 bits per heavy atom. The fourth-order valence-corrected chi connectivity index (χ4v) is 1.38. The highest BCUT2D eigenvalue weighted by Gasteiger charge is 2.17. The SMILES string of the molecule is Nc1cc(Br)c(C=O)c(C(F)F)n1. The van der Waals surface area contributed by atoms with Gasteiger partial charge < -0.3 is 5.73 Å². The molecular weight excluding hydrogens is 246 g/mol. The van der Waals surface area contributed by atoms with Crippen LogP contribution >= 0.6 is 15.9 Å². The highest BCUT2D eigenvalue weighted by Crippen LogP contribution is 2.27. The standard InChI is InChI=1S/C7H5BrF2N2O/c8-4-1-5(11)12-6(7(9)10)3(4)2-13/h1-2,7H,(H2,11,12). The van der Waals surface area contributed by atoms with Crippen LogP contribution in [-0.2, 0) is 0 Å². The largest absolute Gasteiger partial charge is 0.384 e. The summed E-state index contributed by atoms with van der Waals surface area (Å²) in [6, 6.07) is 1.30. The van der Waals surface area contributed by atoms with Crippen LogP contribution in [0, 0.1) is 0 Å². The average molecular weight is 251 g/mol. The van der Waals surface area contributed by atoms with Gasteiger partial charge in [-0.1, -0.05) is 0 Å². The zero-order valence-electron chi connectivity index (χ0n) is 6.30. The molecule has 0 spiro atoms. The summed E-state index contributed by atoms with van der Waals surface area (Å²) >= 11 is 2.94. The van der Waals surface area contributed by atoms with Gasteiger partial charge in [-0.15, -0.1) is 0 Å². The number of aldehydes is 1. The number of rotatable bonds is 2. The number of hydrogen-bond donors (Lipinski definition) is 1. The molecule has 1 rings (SSSR count). The molecule has 0 saturated carbocycles. The van der Waals surface area contributed by atoms with E-state index in [4.69, 9.17) is 5.73 Å². The molecule has 1 aromatic rings. The van der Waals surface area contributed by atoms with Crippen LogP contribution in [0.15, 0.2) is 10.5 Å². The van der Waals surface area contributed by atoms with Crippen LogP contribution in [0.1, 0.15) is 22.5 Å². The van der Waals surface area contributed by atoms with Crippen LogP contribution < -0.4 is 5.73 Å². The number of halogens is 3. The maximum Gasteiger partial charge on any atom is 0.281 e. The second-order valence-corrected chi connectivity index (χ2v) is 3.10. The van der Waals surface area contributed by atoms with Crippen molar-refractivity contribution in [1.82, 2.24) is 4.98 Å². The molecule has 0 aliphatic carbocycles. The Kier molecular flexibility index (Phi) is 2.92. The van der Waals surface area contributed by atoms with Gasteiger partial charge in [0.1, 0.15) is 11.5 Å². The van der Waals surface area contributed by atoms with E-state index in [-0.39, 0.29) is 15.9 Å². The summed E-state index contributed by atoms with van der Waals surface area (Å²) in [5, 5.41) is 0. The number of aromatic nitrogens is 1. The van der Waals surface area contributed by atoms with Crippen LogP contribution in [0.3, 0.4) is 0 Å². The maximum absolute atomic E-state index is 12.3. The molecule has 0 aliphatic rings. The van der Waals surface area contributed by atoms with E-state index in [1.165, 1.54) is 6.07 Å². The van der Waals surface area contributed by atoms with Crippen molar-refractivity contribution in [3.8, 4) is 0 Å². The first-order chi connectivity index (χ1) is 6.06. The molecule has 2 N–H and O–H groups in total. The van der Waals surface area contributed by atoms with Gasteiger partial charge in [-0.2, -0.15) is 0 Å². The maximum atomic E-state index is 12.3. The van der Waals surface area contributed by atoms with Gasteiger partial charge in [-0.05, 0) is 22.0 Å². The van der Waals surface area contributed by atoms with E-state index < -0.39 is 12.1 Å². The second kappa shape index (κ2) is 3.78. The molecule has 0 aliphatic heterocycles. The van der Waals surface area contributed by atoms with Crippen LogP contribution in [0.2, 0.25) is 0 Å². The topological polar surface area (TPSA) is 56.0 Å². The number of pyridine rings is 1. The molecule has 0 atom stereocenters. The molecule has 0 amide bonds. The van der Waals surface area contributed by atoms with E-state index in [2.05, 4.69) is 20.9 Å². The normalized spacial score (nSPS) is 10.5. The van der Waals surface area contributed by atoms with E-state index in [1.54, 1.807) is 0 Å². The highest BCUT2D eigenvalue weighted by atomic mass is 79.9. The first-order valence-electron chi connectivity index (χ1n) is 3.25. The molecule has 6 heteroatoms. The number of nitrogens with zero attached hydrogens (tertiary/aromatic N) is 1. The van der Waals surface area contributed by atoms with Gasteiger partial charge >= 0.3 is 0 Å². The summed E-state index contributed by atoms with van der Waals surface area (Å²) < 4.78 is 24.8. The Hall–Kier alpha value is -1.04. The Morgan fingerprint density at radius 1 is 1.62 bits per heavy atom. The lowest BCUT2D eigenvalue weighted by Crippen LogP contribution is -2.02. The summed E-state index contributed by atoms with van der Waals surface area (Å²) in [4.78, 5) is 13.8. The minimum Gasteiger partial charge on any atom is -0.384 e. The van der Waals surface area contributed by atoms with Crippen molar-refractivity contribution in [3.63, 3.8) is 0 Å². The molecule has 0 bridgehead atoms. The molecule has 3 nitrogen and oxygen atoms in total. The summed E-state index contributed by atoms with van der Waals surface area (Å²) in [7, 11) is 0. The zero-order chi connectivity index (χ0) is 10.0. The molecule has 1 heterocycles. The fraction of sp³-hybridized carbons (Fsp3) is 0.143. The number of carbonyl (C=O) groups is 1. The third-order valence-corrected chi connectivity index (χ3v) is 2.04. The average Bonchev–Trinajstić information content (AvgIpc) is 2.02. The minimum absolute atomic E-state index is 0.0484. The second-order valence-electron chi connectivity index (χ2n) is 2.25. The molecule has 70 valence electrons. The van der Waals surface area contributed by atoms with E-state index >= 15 is 0 Å². The monoisotopic (exact) mass is 250 g/mol. The number of hydrogen-bond acceptors (Lipinski definition) is 3. The molecule has 0 unspecified atom stereocenters. The number of anilines is 1. The highest BCUT2D eigenvalue weighted by molar-refractivity contribution is 9.10. The summed E-state index contributed by atoms with van der Waals surface area (Å²) in [5.41, 5.74) is 4.47. The molecule has 0 saturated heterocycles. The van der Waals surface area contributed by atoms with E-state index in [0.29, 0.717) is 6.29 Å². The van der Waals surface area contributed by atoms with Gasteiger partial charge in [0, 0.05) is 4.47 Å². The quantitative estimate of drug-likeness (QED) is 0.819. The van der Waals surface area contributed by atoms with Crippen molar-refractivity contribution in [1.29, 1.82) is 0 Å². The Morgan fingerprint density at radius 2 is 2.23 bits per heavy atom. The first kappa shape index (κ1) is 10.0. The smallest absolute Gasteiger partial charge is 0.281 e. The van der Waals surface area contributed by atoms with Gasteiger partial charge in [0.25, 0.3) is 6.43 Å². The van der Waals surface area contributed by atoms with Crippen molar-refractivity contribution < 1.29 is 13.6 Å². The minimum atomic E-state index is -2.81. The molecule has 0 aromatic carbocycles. The predicted octanol–water partition coefficient (Wildman–Crippen LogP) is 2.18. The lowest BCUT2D eigenvalue weighted by atomic mass is 10.2. The number of alkyl halides is 2. The van der Waals surface area contributed by atoms with Crippen molar-refractivity contribution in [2.24, 2.45) is 0 Å². The third kappa shape index (κ3) is 2.00. The molecule has 1 aromatic heterocycles. The first-order valence-corrected chi connectivity index (χ1v) is 4.04. The number of nitrogens with two attached hydrogens (primary N) is 1. The van der Waals surface area contributed by atoms with Gasteiger partial charge in [0.15, 0.2) is 6.29 Å². The predicted molar refractivity (Wildman–Crippen MR) is 46.7 cm³/mol. The van der Waals surface area contributed by atoms with E-state index in [1.807, 2.05) is 0 Å². The molecule has 0 fully saturated rings. The van der Waals surface area contributed by atoms with Crippen molar-refractivity contribution in [2.75, 3.05) is 5.73 Å². The third-order valence-electron chi connectivity index (χ3n) is 1.38. The Bertz CT molecular complexity index is 344. The molecule has 13 heavy (non-hydrogen) atoms. The summed E-state index contributed by atoms with van der Waals surface area (Å²) in [5.74, 6) is -0.0484.